The number of fused-ring (bicyclic) bond motifs is 1. The van der Waals surface area contributed by atoms with Gasteiger partial charge in [-0.05, 0) is 55.8 Å². The van der Waals surface area contributed by atoms with Crippen LogP contribution >= 0.6 is 11.6 Å². The molecule has 0 radical (unpaired) electrons. The predicted octanol–water partition coefficient (Wildman–Crippen LogP) is 4.96. The number of nitrogens with zero attached hydrogens (tertiary/aromatic N) is 4. The number of ether oxygens (including phenoxy) is 2. The van der Waals surface area contributed by atoms with Crippen LogP contribution in [-0.2, 0) is 9.53 Å². The maximum Gasteiger partial charge on any atom is 0.222 e. The molecule has 2 aromatic carbocycles. The van der Waals surface area contributed by atoms with Crippen LogP contribution in [-0.4, -0.2) is 77.7 Å². The van der Waals surface area contributed by atoms with Crippen LogP contribution in [0.15, 0.2) is 36.7 Å². The number of hydrogen-bond acceptors (Lipinski definition) is 7. The van der Waals surface area contributed by atoms with Crippen LogP contribution in [0.2, 0.25) is 5.02 Å². The minimum atomic E-state index is -0.475. The first-order chi connectivity index (χ1) is 18.5. The molecule has 1 N–H and O–H groups in total. The van der Waals surface area contributed by atoms with Crippen molar-refractivity contribution in [3.8, 4) is 5.75 Å². The molecule has 0 bridgehead atoms. The van der Waals surface area contributed by atoms with E-state index in [4.69, 9.17) is 21.1 Å². The van der Waals surface area contributed by atoms with E-state index in [2.05, 4.69) is 20.2 Å². The number of amides is 1. The van der Waals surface area contributed by atoms with E-state index in [0.717, 1.165) is 74.3 Å². The third kappa shape index (κ3) is 6.51. The van der Waals surface area contributed by atoms with E-state index in [0.29, 0.717) is 31.0 Å². The second-order valence-electron chi connectivity index (χ2n) is 9.87. The maximum absolute atomic E-state index is 13.6. The molecule has 3 aromatic rings. The third-order valence-corrected chi connectivity index (χ3v) is 7.46. The van der Waals surface area contributed by atoms with E-state index < -0.39 is 5.82 Å². The van der Waals surface area contributed by atoms with E-state index >= 15 is 0 Å². The van der Waals surface area contributed by atoms with Gasteiger partial charge in [-0.15, -0.1) is 0 Å². The summed E-state index contributed by atoms with van der Waals surface area (Å²) in [6.07, 6.45) is 4.56. The minimum Gasteiger partial charge on any atom is -0.490 e. The van der Waals surface area contributed by atoms with Crippen molar-refractivity contribution in [2.75, 3.05) is 51.3 Å². The number of benzene rings is 2. The molecule has 202 valence electrons. The van der Waals surface area contributed by atoms with Gasteiger partial charge in [0.1, 0.15) is 29.8 Å². The number of morpholine rings is 1. The summed E-state index contributed by atoms with van der Waals surface area (Å²) in [5.41, 5.74) is 2.38. The zero-order valence-corrected chi connectivity index (χ0v) is 22.3. The molecule has 3 heterocycles. The quantitative estimate of drug-likeness (QED) is 0.432. The summed E-state index contributed by atoms with van der Waals surface area (Å²) < 4.78 is 25.4. The molecule has 2 aliphatic rings. The smallest absolute Gasteiger partial charge is 0.222 e. The van der Waals surface area contributed by atoms with Crippen molar-refractivity contribution >= 4 is 39.9 Å². The van der Waals surface area contributed by atoms with E-state index in [1.165, 1.54) is 18.5 Å². The van der Waals surface area contributed by atoms with Crippen LogP contribution in [0, 0.1) is 12.7 Å². The normalized spacial score (nSPS) is 17.1. The Balaban J connectivity index is 1.18. The number of carbonyl (C=O) groups excluding carboxylic acids is 1. The molecule has 2 saturated heterocycles. The molecule has 8 nitrogen and oxygen atoms in total. The van der Waals surface area contributed by atoms with Crippen LogP contribution in [0.1, 0.15) is 31.2 Å². The molecule has 0 unspecified atom stereocenters. The lowest BCUT2D eigenvalue weighted by atomic mass is 10.1. The van der Waals surface area contributed by atoms with Crippen LogP contribution in [0.25, 0.3) is 10.9 Å². The number of likely N-dealkylation sites (tertiary alicyclic amines) is 1. The Labute approximate surface area is 227 Å². The van der Waals surface area contributed by atoms with Gasteiger partial charge >= 0.3 is 0 Å². The number of carbonyl (C=O) groups is 1. The Bertz CT molecular complexity index is 1280. The largest absolute Gasteiger partial charge is 0.490 e. The van der Waals surface area contributed by atoms with Crippen molar-refractivity contribution in [3.63, 3.8) is 0 Å². The summed E-state index contributed by atoms with van der Waals surface area (Å²) in [6, 6.07) is 8.37. The maximum atomic E-state index is 13.6. The van der Waals surface area contributed by atoms with Gasteiger partial charge in [-0.25, -0.2) is 14.4 Å². The molecule has 2 aliphatic heterocycles. The molecule has 1 aromatic heterocycles. The zero-order chi connectivity index (χ0) is 26.5. The number of nitrogens with one attached hydrogen (secondary N) is 1. The molecule has 0 atom stereocenters. The summed E-state index contributed by atoms with van der Waals surface area (Å²) in [4.78, 5) is 25.8. The van der Waals surface area contributed by atoms with Gasteiger partial charge in [0.05, 0.1) is 23.8 Å². The van der Waals surface area contributed by atoms with Gasteiger partial charge in [0.25, 0.3) is 0 Å². The topological polar surface area (TPSA) is 79.8 Å². The zero-order valence-electron chi connectivity index (χ0n) is 21.6. The van der Waals surface area contributed by atoms with E-state index in [1.54, 1.807) is 6.07 Å². The molecular weight excluding hydrogens is 509 g/mol. The number of aromatic nitrogens is 2. The predicted molar refractivity (Wildman–Crippen MR) is 146 cm³/mol. The van der Waals surface area contributed by atoms with E-state index in [-0.39, 0.29) is 17.0 Å². The monoisotopic (exact) mass is 541 g/mol. The van der Waals surface area contributed by atoms with Crippen LogP contribution < -0.4 is 10.1 Å². The molecule has 38 heavy (non-hydrogen) atoms. The Morgan fingerprint density at radius 3 is 2.71 bits per heavy atom. The van der Waals surface area contributed by atoms with Gasteiger partial charge in [0.15, 0.2) is 0 Å². The van der Waals surface area contributed by atoms with Crippen molar-refractivity contribution in [3.05, 3.63) is 53.1 Å². The number of piperidine rings is 1. The molecule has 10 heteroatoms. The lowest BCUT2D eigenvalue weighted by molar-refractivity contribution is -0.133. The summed E-state index contributed by atoms with van der Waals surface area (Å²) in [6.45, 7) is 7.83. The van der Waals surface area contributed by atoms with Gasteiger partial charge in [0.2, 0.25) is 5.91 Å². The van der Waals surface area contributed by atoms with Gasteiger partial charge in [0, 0.05) is 56.5 Å². The lowest BCUT2D eigenvalue weighted by Crippen LogP contribution is -2.42. The number of rotatable bonds is 8. The number of halogens is 2. The number of anilines is 2. The molecule has 5 rings (SSSR count). The molecule has 0 aliphatic carbocycles. The van der Waals surface area contributed by atoms with Crippen LogP contribution in [0.3, 0.4) is 0 Å². The second kappa shape index (κ2) is 12.2. The third-order valence-electron chi connectivity index (χ3n) is 7.17. The Morgan fingerprint density at radius 2 is 1.95 bits per heavy atom. The highest BCUT2D eigenvalue weighted by Gasteiger charge is 2.24. The van der Waals surface area contributed by atoms with Crippen molar-refractivity contribution in [1.82, 2.24) is 19.8 Å². The highest BCUT2D eigenvalue weighted by Crippen LogP contribution is 2.32. The molecule has 2 fully saturated rings. The number of aryl methyl sites for hydroxylation is 1. The van der Waals surface area contributed by atoms with Crippen LogP contribution in [0.5, 0.6) is 5.75 Å². The summed E-state index contributed by atoms with van der Waals surface area (Å²) in [5, 5.41) is 4.04. The number of hydrogen-bond donors (Lipinski definition) is 1. The van der Waals surface area contributed by atoms with Crippen molar-refractivity contribution in [2.24, 2.45) is 0 Å². The fourth-order valence-corrected chi connectivity index (χ4v) is 5.14. The van der Waals surface area contributed by atoms with Crippen molar-refractivity contribution in [1.29, 1.82) is 0 Å². The van der Waals surface area contributed by atoms with E-state index in [9.17, 15) is 9.18 Å². The van der Waals surface area contributed by atoms with Crippen LogP contribution in [0.4, 0.5) is 15.9 Å². The van der Waals surface area contributed by atoms with Gasteiger partial charge in [-0.3, -0.25) is 9.69 Å². The first kappa shape index (κ1) is 26.6. The lowest BCUT2D eigenvalue weighted by Gasteiger charge is -2.33. The fraction of sp³-hybridized carbons (Fsp3) is 0.464. The molecule has 0 saturated carbocycles. The molecular formula is C28H33ClFN5O3. The Hall–Kier alpha value is -3.01. The standard InChI is InChI=1S/C28H33ClFN5O3/c1-19-15-25-22(28(32-18-31-25)33-20-4-5-24(30)23(29)16-20)17-26(19)38-21-6-9-35(10-7-21)27(36)3-2-8-34-11-13-37-14-12-34/h4-5,15-18,21H,2-3,6-14H2,1H3,(H,31,32,33). The first-order valence-electron chi connectivity index (χ1n) is 13.2. The summed E-state index contributed by atoms with van der Waals surface area (Å²) in [5.74, 6) is 1.10. The highest BCUT2D eigenvalue weighted by molar-refractivity contribution is 6.31. The van der Waals surface area contributed by atoms with Gasteiger partial charge < -0.3 is 19.7 Å². The summed E-state index contributed by atoms with van der Waals surface area (Å²) >= 11 is 5.94. The van der Waals surface area contributed by atoms with E-state index in [1.807, 2.05) is 24.0 Å². The average Bonchev–Trinajstić information content (AvgIpc) is 2.92. The Kier molecular flexibility index (Phi) is 8.56. The first-order valence-corrected chi connectivity index (χ1v) is 13.6. The highest BCUT2D eigenvalue weighted by atomic mass is 35.5. The molecule has 1 amide bonds. The van der Waals surface area contributed by atoms with Gasteiger partial charge in [-0.1, -0.05) is 11.6 Å². The fourth-order valence-electron chi connectivity index (χ4n) is 4.96. The van der Waals surface area contributed by atoms with Gasteiger partial charge in [-0.2, -0.15) is 0 Å². The molecule has 0 spiro atoms. The minimum absolute atomic E-state index is 0.0282. The van der Waals surface area contributed by atoms with Crippen molar-refractivity contribution < 1.29 is 18.7 Å². The second-order valence-corrected chi connectivity index (χ2v) is 10.3. The average molecular weight is 542 g/mol. The summed E-state index contributed by atoms with van der Waals surface area (Å²) in [7, 11) is 0. The SMILES string of the molecule is Cc1cc2ncnc(Nc3ccc(F)c(Cl)c3)c2cc1OC1CCN(C(=O)CCCN2CCOCC2)CC1. The Morgan fingerprint density at radius 1 is 1.16 bits per heavy atom. The van der Waals surface area contributed by atoms with Crippen molar-refractivity contribution in [2.45, 2.75) is 38.7 Å².